The number of ether oxygens (including phenoxy) is 1. The maximum Gasteiger partial charge on any atom is 0.387 e. The molecule has 2 aromatic carbocycles. The van der Waals surface area contributed by atoms with Gasteiger partial charge in [-0.05, 0) is 24.3 Å². The molecule has 0 atom stereocenters. The molecule has 0 unspecified atom stereocenters. The minimum atomic E-state index is -2.91. The van der Waals surface area contributed by atoms with Gasteiger partial charge < -0.3 is 9.57 Å². The molecule has 0 spiro atoms. The third-order valence-corrected chi connectivity index (χ3v) is 3.37. The lowest BCUT2D eigenvalue weighted by Gasteiger charge is -2.07. The minimum Gasteiger partial charge on any atom is -0.434 e. The quantitative estimate of drug-likeness (QED) is 0.540. The molecule has 0 N–H and O–H groups in total. The van der Waals surface area contributed by atoms with Crippen molar-refractivity contribution in [2.75, 3.05) is 0 Å². The van der Waals surface area contributed by atoms with Gasteiger partial charge in [0.1, 0.15) is 18.2 Å². The number of hydrogen-bond acceptors (Lipinski definition) is 3. The Morgan fingerprint density at radius 3 is 2.68 bits per heavy atom. The Labute approximate surface area is 133 Å². The monoisotopic (exact) mass is 373 g/mol. The Kier molecular flexibility index (Phi) is 5.83. The van der Waals surface area contributed by atoms with E-state index >= 15 is 0 Å². The van der Waals surface area contributed by atoms with Gasteiger partial charge in [-0.2, -0.15) is 8.78 Å². The number of halogens is 4. The van der Waals surface area contributed by atoms with Crippen LogP contribution in [0.15, 0.2) is 52.1 Å². The predicted molar refractivity (Wildman–Crippen MR) is 79.6 cm³/mol. The molecule has 0 amide bonds. The Bertz CT molecular complexity index is 665. The second-order valence-corrected chi connectivity index (χ2v) is 5.01. The summed E-state index contributed by atoms with van der Waals surface area (Å²) in [5, 5.41) is 3.70. The maximum absolute atomic E-state index is 12.9. The lowest BCUT2D eigenvalue weighted by Crippen LogP contribution is -2.04. The van der Waals surface area contributed by atoms with Crippen molar-refractivity contribution in [1.29, 1.82) is 0 Å². The molecule has 0 aliphatic heterocycles. The van der Waals surface area contributed by atoms with Crippen LogP contribution >= 0.6 is 15.9 Å². The van der Waals surface area contributed by atoms with Gasteiger partial charge in [0, 0.05) is 15.6 Å². The lowest BCUT2D eigenvalue weighted by molar-refractivity contribution is -0.0499. The number of para-hydroxylation sites is 1. The van der Waals surface area contributed by atoms with E-state index in [-0.39, 0.29) is 18.2 Å². The second-order valence-electron chi connectivity index (χ2n) is 4.16. The summed E-state index contributed by atoms with van der Waals surface area (Å²) >= 11 is 3.21. The first-order valence-corrected chi connectivity index (χ1v) is 6.98. The van der Waals surface area contributed by atoms with E-state index in [0.29, 0.717) is 15.6 Å². The first-order valence-electron chi connectivity index (χ1n) is 6.19. The fourth-order valence-electron chi connectivity index (χ4n) is 1.63. The summed E-state index contributed by atoms with van der Waals surface area (Å²) < 4.78 is 42.4. The van der Waals surface area contributed by atoms with Crippen LogP contribution in [0, 0.1) is 5.82 Å². The molecule has 0 aromatic heterocycles. The molecule has 0 radical (unpaired) electrons. The van der Waals surface area contributed by atoms with E-state index in [1.807, 2.05) is 0 Å². The van der Waals surface area contributed by atoms with Crippen LogP contribution < -0.4 is 4.74 Å². The van der Waals surface area contributed by atoms with Gasteiger partial charge in [-0.25, -0.2) is 4.39 Å². The smallest absolute Gasteiger partial charge is 0.387 e. The van der Waals surface area contributed by atoms with Crippen molar-refractivity contribution in [1.82, 2.24) is 0 Å². The number of hydrogen-bond donors (Lipinski definition) is 0. The van der Waals surface area contributed by atoms with Crippen molar-refractivity contribution in [2.45, 2.75) is 13.2 Å². The largest absolute Gasteiger partial charge is 0.434 e. The molecule has 0 aliphatic carbocycles. The average molecular weight is 374 g/mol. The Morgan fingerprint density at radius 2 is 1.95 bits per heavy atom. The van der Waals surface area contributed by atoms with Crippen LogP contribution in [-0.2, 0) is 11.4 Å². The second kappa shape index (κ2) is 7.84. The van der Waals surface area contributed by atoms with Gasteiger partial charge in [0.25, 0.3) is 0 Å². The van der Waals surface area contributed by atoms with Crippen molar-refractivity contribution in [2.24, 2.45) is 5.16 Å². The Morgan fingerprint density at radius 1 is 1.18 bits per heavy atom. The summed E-state index contributed by atoms with van der Waals surface area (Å²) in [5.74, 6) is -0.356. The maximum atomic E-state index is 12.9. The van der Waals surface area contributed by atoms with E-state index in [4.69, 9.17) is 4.84 Å². The fourth-order valence-corrected chi connectivity index (χ4v) is 2.10. The van der Waals surface area contributed by atoms with E-state index in [2.05, 4.69) is 25.8 Å². The van der Waals surface area contributed by atoms with Crippen molar-refractivity contribution >= 4 is 22.1 Å². The van der Waals surface area contributed by atoms with E-state index in [0.717, 1.165) is 0 Å². The van der Waals surface area contributed by atoms with Gasteiger partial charge >= 0.3 is 6.61 Å². The van der Waals surface area contributed by atoms with Crippen molar-refractivity contribution in [3.63, 3.8) is 0 Å². The first-order chi connectivity index (χ1) is 10.6. The minimum absolute atomic E-state index is 0.00723. The molecular formula is C15H11BrF3NO2. The highest BCUT2D eigenvalue weighted by Gasteiger charge is 2.07. The SMILES string of the molecule is Fc1ccc(CO/N=C/c2ccccc2OC(F)F)c(Br)c1. The molecule has 7 heteroatoms. The van der Waals surface area contributed by atoms with Gasteiger partial charge in [-0.15, -0.1) is 0 Å². The average Bonchev–Trinajstić information content (AvgIpc) is 2.46. The number of oxime groups is 1. The van der Waals surface area contributed by atoms with Crippen LogP contribution in [0.25, 0.3) is 0 Å². The van der Waals surface area contributed by atoms with Crippen LogP contribution in [0.2, 0.25) is 0 Å². The molecule has 0 fully saturated rings. The highest BCUT2D eigenvalue weighted by Crippen LogP contribution is 2.20. The van der Waals surface area contributed by atoms with Gasteiger partial charge in [-0.1, -0.05) is 39.3 Å². The van der Waals surface area contributed by atoms with E-state index in [9.17, 15) is 13.2 Å². The Hall–Kier alpha value is -2.02. The van der Waals surface area contributed by atoms with Gasteiger partial charge in [0.2, 0.25) is 0 Å². The van der Waals surface area contributed by atoms with Gasteiger partial charge in [-0.3, -0.25) is 0 Å². The molecule has 3 nitrogen and oxygen atoms in total. The number of rotatable bonds is 6. The summed E-state index contributed by atoms with van der Waals surface area (Å²) in [5.41, 5.74) is 1.07. The third kappa shape index (κ3) is 4.77. The summed E-state index contributed by atoms with van der Waals surface area (Å²) in [6, 6.07) is 10.4. The zero-order valence-electron chi connectivity index (χ0n) is 11.2. The highest BCUT2D eigenvalue weighted by molar-refractivity contribution is 9.10. The summed E-state index contributed by atoms with van der Waals surface area (Å²) in [6.07, 6.45) is 1.27. The Balaban J connectivity index is 1.98. The summed E-state index contributed by atoms with van der Waals surface area (Å²) in [6.45, 7) is -2.81. The number of alkyl halides is 2. The van der Waals surface area contributed by atoms with Crippen LogP contribution in [0.3, 0.4) is 0 Å². The zero-order valence-corrected chi connectivity index (χ0v) is 12.8. The molecule has 0 saturated carbocycles. The zero-order chi connectivity index (χ0) is 15.9. The molecule has 0 bridgehead atoms. The normalized spacial score (nSPS) is 11.1. The van der Waals surface area contributed by atoms with Crippen molar-refractivity contribution in [3.05, 3.63) is 63.9 Å². The predicted octanol–water partition coefficient (Wildman–Crippen LogP) is 4.74. The molecule has 0 aliphatic rings. The van der Waals surface area contributed by atoms with E-state index in [1.54, 1.807) is 24.3 Å². The molecular weight excluding hydrogens is 363 g/mol. The molecule has 2 rings (SSSR count). The van der Waals surface area contributed by atoms with Crippen molar-refractivity contribution < 1.29 is 22.7 Å². The molecule has 22 heavy (non-hydrogen) atoms. The lowest BCUT2D eigenvalue weighted by atomic mass is 10.2. The summed E-state index contributed by atoms with van der Waals surface area (Å²) in [7, 11) is 0. The number of nitrogens with zero attached hydrogens (tertiary/aromatic N) is 1. The standard InChI is InChI=1S/C15H11BrF3NO2/c16-13-7-12(17)6-5-11(13)9-21-20-8-10-3-1-2-4-14(10)22-15(18)19/h1-8,15H,9H2/b20-8+. The first kappa shape index (κ1) is 16.4. The summed E-state index contributed by atoms with van der Waals surface area (Å²) in [4.78, 5) is 5.08. The van der Waals surface area contributed by atoms with Crippen LogP contribution in [0.5, 0.6) is 5.75 Å². The van der Waals surface area contributed by atoms with Crippen LogP contribution in [0.1, 0.15) is 11.1 Å². The van der Waals surface area contributed by atoms with Crippen molar-refractivity contribution in [3.8, 4) is 5.75 Å². The number of benzene rings is 2. The van der Waals surface area contributed by atoms with Crippen LogP contribution in [-0.4, -0.2) is 12.8 Å². The molecule has 0 heterocycles. The topological polar surface area (TPSA) is 30.8 Å². The third-order valence-electron chi connectivity index (χ3n) is 2.64. The highest BCUT2D eigenvalue weighted by atomic mass is 79.9. The van der Waals surface area contributed by atoms with Crippen LogP contribution in [0.4, 0.5) is 13.2 Å². The van der Waals surface area contributed by atoms with Gasteiger partial charge in [0.15, 0.2) is 0 Å². The molecule has 116 valence electrons. The van der Waals surface area contributed by atoms with Gasteiger partial charge in [0.05, 0.1) is 6.21 Å². The van der Waals surface area contributed by atoms with E-state index < -0.39 is 6.61 Å². The fraction of sp³-hybridized carbons (Fsp3) is 0.133. The molecule has 2 aromatic rings. The molecule has 0 saturated heterocycles. The van der Waals surface area contributed by atoms with E-state index in [1.165, 1.54) is 24.4 Å².